The van der Waals surface area contributed by atoms with Crippen LogP contribution in [0.2, 0.25) is 0 Å². The Morgan fingerprint density at radius 3 is 2.59 bits per heavy atom. The van der Waals surface area contributed by atoms with Crippen LogP contribution in [0, 0.1) is 5.92 Å². The number of morpholine rings is 1. The average Bonchev–Trinajstić information content (AvgIpc) is 3.07. The van der Waals surface area contributed by atoms with E-state index in [2.05, 4.69) is 34.0 Å². The second-order valence-corrected chi connectivity index (χ2v) is 7.51. The van der Waals surface area contributed by atoms with E-state index in [0.29, 0.717) is 31.3 Å². The van der Waals surface area contributed by atoms with Crippen LogP contribution in [0.5, 0.6) is 0 Å². The molecule has 27 heavy (non-hydrogen) atoms. The topological polar surface area (TPSA) is 58.6 Å². The minimum Gasteiger partial charge on any atom is -0.382 e. The Bertz CT molecular complexity index is 418. The number of nitrogens with one attached hydrogen (secondary N) is 1. The number of hydrogen-bond acceptors (Lipinski definition) is 5. The summed E-state index contributed by atoms with van der Waals surface area (Å²) in [5, 5.41) is 3.53. The first kappa shape index (κ1) is 24.9. The fraction of sp³-hybridized carbons (Fsp3) is 0.947. The molecule has 7 nitrogen and oxygen atoms in total. The van der Waals surface area contributed by atoms with E-state index in [1.165, 1.54) is 0 Å². The van der Waals surface area contributed by atoms with Gasteiger partial charge in [-0.2, -0.15) is 0 Å². The van der Waals surface area contributed by atoms with E-state index in [9.17, 15) is 0 Å². The summed E-state index contributed by atoms with van der Waals surface area (Å²) in [6.45, 7) is 12.7. The molecule has 2 rings (SSSR count). The highest BCUT2D eigenvalue weighted by molar-refractivity contribution is 14.0. The average molecular weight is 498 g/mol. The summed E-state index contributed by atoms with van der Waals surface area (Å²) in [6.07, 6.45) is 2.96. The Balaban J connectivity index is 0.00000364. The molecule has 0 bridgehead atoms. The molecule has 0 aromatic rings. The second-order valence-electron chi connectivity index (χ2n) is 7.51. The molecule has 160 valence electrons. The molecular weight excluding hydrogens is 459 g/mol. The maximum atomic E-state index is 5.80. The van der Waals surface area contributed by atoms with Gasteiger partial charge in [-0.1, -0.05) is 0 Å². The lowest BCUT2D eigenvalue weighted by molar-refractivity contribution is -0.0679. The SMILES string of the molecule is CN=C(NCCCN1CC(C)OC(C)C1)N1CCC(COCCOC)C1.I. The molecule has 0 saturated carbocycles. The maximum absolute atomic E-state index is 5.80. The summed E-state index contributed by atoms with van der Waals surface area (Å²) in [5.74, 6) is 1.61. The van der Waals surface area contributed by atoms with Crippen LogP contribution in [0.1, 0.15) is 26.7 Å². The van der Waals surface area contributed by atoms with Gasteiger partial charge in [-0.3, -0.25) is 9.89 Å². The van der Waals surface area contributed by atoms with Gasteiger partial charge in [0.25, 0.3) is 0 Å². The van der Waals surface area contributed by atoms with Gasteiger partial charge >= 0.3 is 0 Å². The molecule has 3 atom stereocenters. The summed E-state index contributed by atoms with van der Waals surface area (Å²) in [4.78, 5) is 9.32. The Kier molecular flexibility index (Phi) is 12.8. The minimum absolute atomic E-state index is 0. The van der Waals surface area contributed by atoms with Crippen molar-refractivity contribution in [2.24, 2.45) is 10.9 Å². The Morgan fingerprint density at radius 1 is 1.19 bits per heavy atom. The van der Waals surface area contributed by atoms with E-state index in [4.69, 9.17) is 14.2 Å². The second kappa shape index (κ2) is 13.9. The number of rotatable bonds is 9. The van der Waals surface area contributed by atoms with E-state index >= 15 is 0 Å². The third-order valence-electron chi connectivity index (χ3n) is 5.01. The highest BCUT2D eigenvalue weighted by atomic mass is 127. The molecule has 0 aromatic carbocycles. The number of halogens is 1. The van der Waals surface area contributed by atoms with E-state index in [1.54, 1.807) is 7.11 Å². The van der Waals surface area contributed by atoms with E-state index < -0.39 is 0 Å². The molecule has 2 aliphatic rings. The fourth-order valence-electron chi connectivity index (χ4n) is 3.86. The zero-order valence-corrected chi connectivity index (χ0v) is 19.8. The van der Waals surface area contributed by atoms with Crippen molar-refractivity contribution in [2.45, 2.75) is 38.9 Å². The summed E-state index contributed by atoms with van der Waals surface area (Å²) in [6, 6.07) is 0. The number of hydrogen-bond donors (Lipinski definition) is 1. The monoisotopic (exact) mass is 498 g/mol. The number of likely N-dealkylation sites (tertiary alicyclic amines) is 1. The molecule has 2 fully saturated rings. The van der Waals surface area contributed by atoms with Gasteiger partial charge in [0.2, 0.25) is 0 Å². The van der Waals surface area contributed by atoms with Crippen LogP contribution < -0.4 is 5.32 Å². The number of guanidine groups is 1. The summed E-state index contributed by atoms with van der Waals surface area (Å²) in [7, 11) is 3.58. The van der Waals surface area contributed by atoms with E-state index in [1.807, 2.05) is 7.05 Å². The highest BCUT2D eigenvalue weighted by Crippen LogP contribution is 2.16. The van der Waals surface area contributed by atoms with Gasteiger partial charge in [-0.25, -0.2) is 0 Å². The number of nitrogens with zero attached hydrogens (tertiary/aromatic N) is 3. The zero-order chi connectivity index (χ0) is 18.8. The molecule has 2 saturated heterocycles. The van der Waals surface area contributed by atoms with Crippen LogP contribution in [-0.2, 0) is 14.2 Å². The highest BCUT2D eigenvalue weighted by Gasteiger charge is 2.25. The summed E-state index contributed by atoms with van der Waals surface area (Å²) in [5.41, 5.74) is 0. The van der Waals surface area contributed by atoms with Crippen molar-refractivity contribution in [2.75, 3.05) is 73.2 Å². The first-order valence-corrected chi connectivity index (χ1v) is 10.0. The van der Waals surface area contributed by atoms with Crippen molar-refractivity contribution >= 4 is 29.9 Å². The maximum Gasteiger partial charge on any atom is 0.193 e. The first-order valence-electron chi connectivity index (χ1n) is 10.0. The summed E-state index contributed by atoms with van der Waals surface area (Å²) >= 11 is 0. The van der Waals surface area contributed by atoms with Gasteiger partial charge in [0, 0.05) is 59.3 Å². The molecule has 0 spiro atoms. The van der Waals surface area contributed by atoms with E-state index in [-0.39, 0.29) is 24.0 Å². The van der Waals surface area contributed by atoms with Crippen molar-refractivity contribution in [1.29, 1.82) is 0 Å². The van der Waals surface area contributed by atoms with Crippen molar-refractivity contribution in [3.05, 3.63) is 0 Å². The third kappa shape index (κ3) is 9.25. The number of aliphatic imine (C=N–C) groups is 1. The van der Waals surface area contributed by atoms with Gasteiger partial charge in [0.05, 0.1) is 32.0 Å². The van der Waals surface area contributed by atoms with Crippen LogP contribution in [0.3, 0.4) is 0 Å². The molecule has 0 aliphatic carbocycles. The quantitative estimate of drug-likeness (QED) is 0.226. The van der Waals surface area contributed by atoms with Crippen molar-refractivity contribution < 1.29 is 14.2 Å². The van der Waals surface area contributed by atoms with Crippen molar-refractivity contribution in [3.63, 3.8) is 0 Å². The lowest BCUT2D eigenvalue weighted by Crippen LogP contribution is -2.46. The molecule has 8 heteroatoms. The third-order valence-corrected chi connectivity index (χ3v) is 5.01. The Hall–Kier alpha value is -0.160. The van der Waals surface area contributed by atoms with Gasteiger partial charge < -0.3 is 24.4 Å². The molecule has 0 radical (unpaired) electrons. The molecule has 0 aromatic heterocycles. The van der Waals surface area contributed by atoms with Crippen molar-refractivity contribution in [3.8, 4) is 0 Å². The van der Waals surface area contributed by atoms with Gasteiger partial charge in [0.1, 0.15) is 0 Å². The van der Waals surface area contributed by atoms with Crippen LogP contribution in [0.4, 0.5) is 0 Å². The van der Waals surface area contributed by atoms with Crippen LogP contribution >= 0.6 is 24.0 Å². The minimum atomic E-state index is 0. The lowest BCUT2D eigenvalue weighted by atomic mass is 10.1. The van der Waals surface area contributed by atoms with Gasteiger partial charge in [0.15, 0.2) is 5.96 Å². The predicted octanol–water partition coefficient (Wildman–Crippen LogP) is 1.66. The first-order chi connectivity index (χ1) is 12.6. The van der Waals surface area contributed by atoms with Crippen LogP contribution in [0.25, 0.3) is 0 Å². The van der Waals surface area contributed by atoms with Gasteiger partial charge in [-0.15, -0.1) is 24.0 Å². The zero-order valence-electron chi connectivity index (χ0n) is 17.5. The molecule has 2 heterocycles. The smallest absolute Gasteiger partial charge is 0.193 e. The molecule has 2 aliphatic heterocycles. The lowest BCUT2D eigenvalue weighted by Gasteiger charge is -2.35. The standard InChI is InChI=1S/C19H38N4O3.HI/c1-16-12-22(13-17(2)26-16)8-5-7-21-19(20-3)23-9-6-18(14-23)15-25-11-10-24-4;/h16-18H,5-15H2,1-4H3,(H,20,21);1H. The Labute approximate surface area is 182 Å². The van der Waals surface area contributed by atoms with Gasteiger partial charge in [-0.05, 0) is 26.7 Å². The largest absolute Gasteiger partial charge is 0.382 e. The van der Waals surface area contributed by atoms with Crippen molar-refractivity contribution in [1.82, 2.24) is 15.1 Å². The Morgan fingerprint density at radius 2 is 1.93 bits per heavy atom. The predicted molar refractivity (Wildman–Crippen MR) is 120 cm³/mol. The number of ether oxygens (including phenoxy) is 3. The molecule has 3 unspecified atom stereocenters. The summed E-state index contributed by atoms with van der Waals surface area (Å²) < 4.78 is 16.5. The van der Waals surface area contributed by atoms with Crippen LogP contribution in [0.15, 0.2) is 4.99 Å². The fourth-order valence-corrected chi connectivity index (χ4v) is 3.86. The molecule has 1 N–H and O–H groups in total. The molecular formula is C19H39IN4O3. The van der Waals surface area contributed by atoms with Crippen LogP contribution in [-0.4, -0.2) is 101 Å². The number of methoxy groups -OCH3 is 1. The normalized spacial score (nSPS) is 26.9. The molecule has 0 amide bonds. The van der Waals surface area contributed by atoms with E-state index in [0.717, 1.165) is 64.7 Å².